The number of benzene rings is 2. The van der Waals surface area contributed by atoms with Crippen molar-refractivity contribution in [2.24, 2.45) is 0 Å². The zero-order chi connectivity index (χ0) is 20.7. The van der Waals surface area contributed by atoms with Gasteiger partial charge in [0.1, 0.15) is 11.6 Å². The minimum absolute atomic E-state index is 0.223. The Bertz CT molecular complexity index is 1240. The minimum atomic E-state index is -0.358. The summed E-state index contributed by atoms with van der Waals surface area (Å²) in [5.74, 6) is 1.13. The summed E-state index contributed by atoms with van der Waals surface area (Å²) < 4.78 is 18.6. The van der Waals surface area contributed by atoms with Gasteiger partial charge in [-0.2, -0.15) is 0 Å². The number of imidazole rings is 1. The van der Waals surface area contributed by atoms with Gasteiger partial charge in [-0.05, 0) is 79.6 Å². The van der Waals surface area contributed by atoms with E-state index in [1.165, 1.54) is 18.7 Å². The van der Waals surface area contributed by atoms with Crippen LogP contribution in [0.4, 0.5) is 4.39 Å². The lowest BCUT2D eigenvalue weighted by Gasteiger charge is -2.28. The smallest absolute Gasteiger partial charge is 0.337 e. The molecule has 6 heteroatoms. The highest BCUT2D eigenvalue weighted by molar-refractivity contribution is 5.93. The number of carbonyl (C=O) groups is 1. The van der Waals surface area contributed by atoms with Gasteiger partial charge in [0.2, 0.25) is 0 Å². The zero-order valence-electron chi connectivity index (χ0n) is 16.7. The lowest BCUT2D eigenvalue weighted by Crippen LogP contribution is -2.13. The number of methoxy groups -OCH3 is 1. The Morgan fingerprint density at radius 1 is 1.03 bits per heavy atom. The number of nitrogens with one attached hydrogen (secondary N) is 1. The number of rotatable bonds is 3. The molecule has 0 saturated heterocycles. The van der Waals surface area contributed by atoms with E-state index in [-0.39, 0.29) is 11.8 Å². The first-order valence-corrected chi connectivity index (χ1v) is 10.2. The van der Waals surface area contributed by atoms with E-state index in [2.05, 4.69) is 9.97 Å². The summed E-state index contributed by atoms with van der Waals surface area (Å²) >= 11 is 0. The van der Waals surface area contributed by atoms with Gasteiger partial charge in [-0.15, -0.1) is 0 Å². The number of esters is 1. The molecule has 5 nitrogen and oxygen atoms in total. The van der Waals surface area contributed by atoms with Crippen molar-refractivity contribution in [3.8, 4) is 0 Å². The molecule has 0 aliphatic heterocycles. The molecule has 0 atom stereocenters. The molecule has 5 rings (SSSR count). The molecule has 0 unspecified atom stereocenters. The van der Waals surface area contributed by atoms with E-state index in [9.17, 15) is 9.18 Å². The Morgan fingerprint density at radius 3 is 2.63 bits per heavy atom. The summed E-state index contributed by atoms with van der Waals surface area (Å²) in [5, 5.41) is 0.917. The molecular formula is C24H22FN3O2. The first-order chi connectivity index (χ1) is 14.6. The van der Waals surface area contributed by atoms with Crippen molar-refractivity contribution in [3.63, 3.8) is 0 Å². The summed E-state index contributed by atoms with van der Waals surface area (Å²) in [7, 11) is 1.38. The van der Waals surface area contributed by atoms with Crippen LogP contribution >= 0.6 is 0 Å². The third-order valence-electron chi connectivity index (χ3n) is 6.21. The normalized spacial score (nSPS) is 19.3. The van der Waals surface area contributed by atoms with Gasteiger partial charge in [0.25, 0.3) is 0 Å². The summed E-state index contributed by atoms with van der Waals surface area (Å²) in [6.45, 7) is 0. The Hall–Kier alpha value is -3.28. The fourth-order valence-electron chi connectivity index (χ4n) is 4.64. The summed E-state index contributed by atoms with van der Waals surface area (Å²) in [4.78, 5) is 24.3. The predicted octanol–water partition coefficient (Wildman–Crippen LogP) is 5.48. The van der Waals surface area contributed by atoms with Gasteiger partial charge in [0.05, 0.1) is 29.2 Å². The second kappa shape index (κ2) is 7.52. The lowest BCUT2D eigenvalue weighted by molar-refractivity contribution is 0.0601. The van der Waals surface area contributed by atoms with Crippen LogP contribution in [0.3, 0.4) is 0 Å². The number of ether oxygens (including phenoxy) is 1. The van der Waals surface area contributed by atoms with Crippen molar-refractivity contribution in [2.75, 3.05) is 7.11 Å². The Balaban J connectivity index is 1.36. The fourth-order valence-corrected chi connectivity index (χ4v) is 4.64. The molecule has 30 heavy (non-hydrogen) atoms. The highest BCUT2D eigenvalue weighted by atomic mass is 19.1. The van der Waals surface area contributed by atoms with Crippen molar-refractivity contribution in [2.45, 2.75) is 37.5 Å². The highest BCUT2D eigenvalue weighted by Gasteiger charge is 2.26. The largest absolute Gasteiger partial charge is 0.465 e. The van der Waals surface area contributed by atoms with Gasteiger partial charge < -0.3 is 9.72 Å². The van der Waals surface area contributed by atoms with E-state index in [1.54, 1.807) is 24.3 Å². The molecule has 1 aliphatic rings. The second-order valence-electron chi connectivity index (χ2n) is 7.96. The minimum Gasteiger partial charge on any atom is -0.465 e. The Labute approximate surface area is 173 Å². The number of hydrogen-bond acceptors (Lipinski definition) is 4. The van der Waals surface area contributed by atoms with Crippen LogP contribution in [-0.2, 0) is 4.74 Å². The molecular weight excluding hydrogens is 381 g/mol. The number of carbonyl (C=O) groups excluding carboxylic acids is 1. The molecule has 0 amide bonds. The van der Waals surface area contributed by atoms with Crippen LogP contribution in [0.2, 0.25) is 0 Å². The van der Waals surface area contributed by atoms with E-state index in [1.807, 2.05) is 18.3 Å². The quantitative estimate of drug-likeness (QED) is 0.460. The van der Waals surface area contributed by atoms with Crippen molar-refractivity contribution >= 4 is 27.9 Å². The van der Waals surface area contributed by atoms with Crippen LogP contribution in [0.15, 0.2) is 48.7 Å². The van der Waals surface area contributed by atoms with Gasteiger partial charge >= 0.3 is 5.97 Å². The third kappa shape index (κ3) is 3.32. The van der Waals surface area contributed by atoms with Crippen molar-refractivity contribution in [1.82, 2.24) is 15.0 Å². The SMILES string of the molecule is COC(=O)c1ccc2[nH]c(C3CCC(c4ccnc5ccc(F)cc45)CC3)nc2c1. The van der Waals surface area contributed by atoms with Crippen LogP contribution < -0.4 is 0 Å². The summed E-state index contributed by atoms with van der Waals surface area (Å²) in [6.07, 6.45) is 5.87. The number of aromatic amines is 1. The fraction of sp³-hybridized carbons (Fsp3) is 0.292. The van der Waals surface area contributed by atoms with Gasteiger partial charge in [-0.1, -0.05) is 0 Å². The van der Waals surface area contributed by atoms with E-state index >= 15 is 0 Å². The maximum atomic E-state index is 13.8. The molecule has 1 fully saturated rings. The highest BCUT2D eigenvalue weighted by Crippen LogP contribution is 2.41. The number of H-pyrrole nitrogens is 1. The molecule has 2 heterocycles. The van der Waals surface area contributed by atoms with Crippen LogP contribution in [0.5, 0.6) is 0 Å². The van der Waals surface area contributed by atoms with Gasteiger partial charge in [0.15, 0.2) is 0 Å². The monoisotopic (exact) mass is 403 g/mol. The molecule has 152 valence electrons. The number of pyridine rings is 1. The number of aromatic nitrogens is 3. The van der Waals surface area contributed by atoms with E-state index in [0.717, 1.165) is 53.4 Å². The second-order valence-corrected chi connectivity index (χ2v) is 7.96. The van der Waals surface area contributed by atoms with Gasteiger partial charge in [-0.3, -0.25) is 4.98 Å². The summed E-state index contributed by atoms with van der Waals surface area (Å²) in [5.41, 5.74) is 4.24. The van der Waals surface area contributed by atoms with E-state index < -0.39 is 0 Å². The van der Waals surface area contributed by atoms with E-state index in [4.69, 9.17) is 9.72 Å². The van der Waals surface area contributed by atoms with Crippen LogP contribution in [0.25, 0.3) is 21.9 Å². The maximum absolute atomic E-state index is 13.8. The van der Waals surface area contributed by atoms with Crippen molar-refractivity contribution < 1.29 is 13.9 Å². The predicted molar refractivity (Wildman–Crippen MR) is 113 cm³/mol. The zero-order valence-corrected chi connectivity index (χ0v) is 16.7. The number of halogens is 1. The van der Waals surface area contributed by atoms with Gasteiger partial charge in [-0.25, -0.2) is 14.2 Å². The topological polar surface area (TPSA) is 67.9 Å². The van der Waals surface area contributed by atoms with Crippen molar-refractivity contribution in [1.29, 1.82) is 0 Å². The molecule has 1 N–H and O–H groups in total. The molecule has 1 aliphatic carbocycles. The molecule has 0 radical (unpaired) electrons. The Kier molecular flexibility index (Phi) is 4.69. The van der Waals surface area contributed by atoms with E-state index in [0.29, 0.717) is 17.4 Å². The van der Waals surface area contributed by atoms with Crippen molar-refractivity contribution in [3.05, 3.63) is 71.4 Å². The molecule has 0 bridgehead atoms. The number of hydrogen-bond donors (Lipinski definition) is 1. The average molecular weight is 403 g/mol. The van der Waals surface area contributed by atoms with Gasteiger partial charge in [0, 0.05) is 17.5 Å². The first-order valence-electron chi connectivity index (χ1n) is 10.2. The molecule has 1 saturated carbocycles. The molecule has 2 aromatic heterocycles. The van der Waals surface area contributed by atoms with Crippen LogP contribution in [0, 0.1) is 5.82 Å². The van der Waals surface area contributed by atoms with Crippen LogP contribution in [0.1, 0.15) is 59.3 Å². The lowest BCUT2D eigenvalue weighted by atomic mass is 9.77. The third-order valence-corrected chi connectivity index (χ3v) is 6.21. The summed E-state index contributed by atoms with van der Waals surface area (Å²) in [6, 6.07) is 12.2. The first kappa shape index (κ1) is 18.7. The molecule has 2 aromatic carbocycles. The maximum Gasteiger partial charge on any atom is 0.337 e. The molecule has 4 aromatic rings. The number of fused-ring (bicyclic) bond motifs is 2. The standard InChI is InChI=1S/C24H22FN3O2/c1-30-24(29)16-6-8-21-22(12-16)28-23(27-21)15-4-2-14(3-5-15)18-10-11-26-20-9-7-17(25)13-19(18)20/h6-15H,2-5H2,1H3,(H,27,28). The number of nitrogens with zero attached hydrogens (tertiary/aromatic N) is 2. The Morgan fingerprint density at radius 2 is 1.83 bits per heavy atom. The van der Waals surface area contributed by atoms with Crippen LogP contribution in [-0.4, -0.2) is 28.0 Å². The average Bonchev–Trinajstić information content (AvgIpc) is 3.21. The molecule has 0 spiro atoms.